The van der Waals surface area contributed by atoms with Crippen molar-refractivity contribution in [1.82, 2.24) is 4.90 Å². The van der Waals surface area contributed by atoms with Crippen molar-refractivity contribution >= 4 is 11.6 Å². The maximum atomic E-state index is 12.2. The summed E-state index contributed by atoms with van der Waals surface area (Å²) in [6.07, 6.45) is 0.344. The third kappa shape index (κ3) is 4.19. The highest BCUT2D eigenvalue weighted by molar-refractivity contribution is 5.94. The van der Waals surface area contributed by atoms with E-state index in [9.17, 15) is 4.79 Å². The van der Waals surface area contributed by atoms with Crippen molar-refractivity contribution in [2.45, 2.75) is 13.3 Å². The molecule has 0 saturated heterocycles. The molecule has 0 aromatic heterocycles. The van der Waals surface area contributed by atoms with Gasteiger partial charge in [0.05, 0.1) is 19.0 Å². The minimum absolute atomic E-state index is 0.0285. The number of carbonyl (C=O) groups is 1. The number of rotatable bonds is 6. The van der Waals surface area contributed by atoms with Gasteiger partial charge in [0.2, 0.25) is 5.91 Å². The quantitative estimate of drug-likeness (QED) is 0.769. The van der Waals surface area contributed by atoms with E-state index in [4.69, 9.17) is 5.26 Å². The minimum atomic E-state index is 0.0285. The number of hydrogen-bond acceptors (Lipinski definition) is 3. The molecule has 0 aliphatic carbocycles. The van der Waals surface area contributed by atoms with Crippen LogP contribution in [-0.2, 0) is 4.79 Å². The van der Waals surface area contributed by atoms with Gasteiger partial charge in [0.15, 0.2) is 0 Å². The van der Waals surface area contributed by atoms with E-state index in [0.717, 1.165) is 12.2 Å². The lowest BCUT2D eigenvalue weighted by molar-refractivity contribution is -0.119. The Morgan fingerprint density at radius 3 is 2.56 bits per heavy atom. The highest BCUT2D eigenvalue weighted by Gasteiger charge is 2.16. The highest BCUT2D eigenvalue weighted by Crippen LogP contribution is 2.14. The lowest BCUT2D eigenvalue weighted by Crippen LogP contribution is -2.39. The van der Waals surface area contributed by atoms with Crippen LogP contribution in [0.1, 0.15) is 13.3 Å². The first-order chi connectivity index (χ1) is 8.69. The number of nitrogens with zero attached hydrogens (tertiary/aromatic N) is 3. The number of benzene rings is 1. The zero-order chi connectivity index (χ0) is 13.4. The van der Waals surface area contributed by atoms with Crippen molar-refractivity contribution in [3.05, 3.63) is 30.3 Å². The van der Waals surface area contributed by atoms with Crippen molar-refractivity contribution in [2.24, 2.45) is 0 Å². The highest BCUT2D eigenvalue weighted by atomic mass is 16.2. The molecule has 0 spiro atoms. The molecule has 1 amide bonds. The summed E-state index contributed by atoms with van der Waals surface area (Å²) in [5, 5.41) is 8.67. The van der Waals surface area contributed by atoms with Crippen molar-refractivity contribution in [2.75, 3.05) is 31.6 Å². The molecule has 0 N–H and O–H groups in total. The van der Waals surface area contributed by atoms with Gasteiger partial charge in [0, 0.05) is 12.2 Å². The number of carbonyl (C=O) groups excluding carboxylic acids is 1. The molecule has 0 fully saturated rings. The fourth-order valence-electron chi connectivity index (χ4n) is 1.60. The molecule has 0 radical (unpaired) electrons. The third-order valence-electron chi connectivity index (χ3n) is 2.76. The third-order valence-corrected chi connectivity index (χ3v) is 2.76. The second-order valence-corrected chi connectivity index (χ2v) is 4.12. The molecule has 0 aliphatic rings. The molecular weight excluding hydrogens is 226 g/mol. The summed E-state index contributed by atoms with van der Waals surface area (Å²) in [7, 11) is 1.91. The summed E-state index contributed by atoms with van der Waals surface area (Å²) in [6, 6.07) is 11.6. The van der Waals surface area contributed by atoms with Crippen LogP contribution >= 0.6 is 0 Å². The van der Waals surface area contributed by atoms with Crippen LogP contribution in [0.25, 0.3) is 0 Å². The van der Waals surface area contributed by atoms with Crippen molar-refractivity contribution < 1.29 is 4.79 Å². The number of nitriles is 1. The van der Waals surface area contributed by atoms with E-state index in [-0.39, 0.29) is 5.91 Å². The maximum absolute atomic E-state index is 12.2. The molecule has 0 saturated carbocycles. The summed E-state index contributed by atoms with van der Waals surface area (Å²) in [5.74, 6) is 0.0285. The summed E-state index contributed by atoms with van der Waals surface area (Å²) in [4.78, 5) is 15.8. The van der Waals surface area contributed by atoms with Gasteiger partial charge in [-0.05, 0) is 25.7 Å². The van der Waals surface area contributed by atoms with Crippen molar-refractivity contribution in [3.8, 4) is 6.07 Å². The molecule has 0 unspecified atom stereocenters. The van der Waals surface area contributed by atoms with Crippen LogP contribution < -0.4 is 4.90 Å². The molecule has 4 nitrogen and oxygen atoms in total. The monoisotopic (exact) mass is 245 g/mol. The zero-order valence-corrected chi connectivity index (χ0v) is 11.0. The van der Waals surface area contributed by atoms with E-state index >= 15 is 0 Å². The van der Waals surface area contributed by atoms with Crippen LogP contribution in [0.2, 0.25) is 0 Å². The topological polar surface area (TPSA) is 47.3 Å². The molecule has 1 aromatic carbocycles. The van der Waals surface area contributed by atoms with Gasteiger partial charge in [-0.3, -0.25) is 9.69 Å². The second-order valence-electron chi connectivity index (χ2n) is 4.12. The normalized spacial score (nSPS) is 10.1. The smallest absolute Gasteiger partial charge is 0.241 e. The average Bonchev–Trinajstić information content (AvgIpc) is 2.40. The largest absolute Gasteiger partial charge is 0.310 e. The maximum Gasteiger partial charge on any atom is 0.241 e. The predicted molar refractivity (Wildman–Crippen MR) is 72.2 cm³/mol. The summed E-state index contributed by atoms with van der Waals surface area (Å²) in [5.41, 5.74) is 0.849. The van der Waals surface area contributed by atoms with Gasteiger partial charge in [-0.25, -0.2) is 0 Å². The Morgan fingerprint density at radius 2 is 2.00 bits per heavy atom. The standard InChI is InChI=1S/C14H19N3O/c1-3-16(2)12-14(18)17(11-7-10-15)13-8-5-4-6-9-13/h4-6,8-9H,3,7,11-12H2,1-2H3. The van der Waals surface area contributed by atoms with Crippen LogP contribution in [0.5, 0.6) is 0 Å². The molecule has 96 valence electrons. The Bertz CT molecular complexity index is 411. The number of para-hydroxylation sites is 1. The fraction of sp³-hybridized carbons (Fsp3) is 0.429. The average molecular weight is 245 g/mol. The first kappa shape index (κ1) is 14.2. The lowest BCUT2D eigenvalue weighted by atomic mass is 10.2. The van der Waals surface area contributed by atoms with E-state index in [0.29, 0.717) is 19.5 Å². The molecule has 18 heavy (non-hydrogen) atoms. The lowest BCUT2D eigenvalue weighted by Gasteiger charge is -2.24. The van der Waals surface area contributed by atoms with Gasteiger partial charge in [-0.1, -0.05) is 25.1 Å². The van der Waals surface area contributed by atoms with Crippen molar-refractivity contribution in [3.63, 3.8) is 0 Å². The van der Waals surface area contributed by atoms with Crippen LogP contribution in [0.15, 0.2) is 30.3 Å². The number of anilines is 1. The Hall–Kier alpha value is -1.86. The molecule has 0 aliphatic heterocycles. The molecular formula is C14H19N3O. The SMILES string of the molecule is CCN(C)CC(=O)N(CCC#N)c1ccccc1. The fourth-order valence-corrected chi connectivity index (χ4v) is 1.60. The molecule has 0 heterocycles. The molecule has 4 heteroatoms. The van der Waals surface area contributed by atoms with E-state index in [1.165, 1.54) is 0 Å². The Labute approximate surface area is 108 Å². The Kier molecular flexibility index (Phi) is 5.89. The predicted octanol–water partition coefficient (Wildman–Crippen LogP) is 1.88. The number of amides is 1. The van der Waals surface area contributed by atoms with Crippen molar-refractivity contribution in [1.29, 1.82) is 5.26 Å². The van der Waals surface area contributed by atoms with Gasteiger partial charge in [0.25, 0.3) is 0 Å². The first-order valence-corrected chi connectivity index (χ1v) is 6.10. The van der Waals surface area contributed by atoms with Crippen LogP contribution in [-0.4, -0.2) is 37.5 Å². The van der Waals surface area contributed by atoms with E-state index < -0.39 is 0 Å². The summed E-state index contributed by atoms with van der Waals surface area (Å²) < 4.78 is 0. The van der Waals surface area contributed by atoms with E-state index in [2.05, 4.69) is 6.07 Å². The summed E-state index contributed by atoms with van der Waals surface area (Å²) in [6.45, 7) is 3.65. The Balaban J connectivity index is 2.79. The molecule has 0 atom stereocenters. The minimum Gasteiger partial charge on any atom is -0.310 e. The van der Waals surface area contributed by atoms with Gasteiger partial charge < -0.3 is 4.90 Å². The van der Waals surface area contributed by atoms with Gasteiger partial charge in [-0.15, -0.1) is 0 Å². The zero-order valence-electron chi connectivity index (χ0n) is 11.0. The number of likely N-dealkylation sites (N-methyl/N-ethyl adjacent to an activating group) is 1. The summed E-state index contributed by atoms with van der Waals surface area (Å²) >= 11 is 0. The Morgan fingerprint density at radius 1 is 1.33 bits per heavy atom. The molecule has 1 rings (SSSR count). The van der Waals surface area contributed by atoms with Gasteiger partial charge in [0.1, 0.15) is 0 Å². The first-order valence-electron chi connectivity index (χ1n) is 6.10. The van der Waals surface area contributed by atoms with E-state index in [1.54, 1.807) is 4.90 Å². The second kappa shape index (κ2) is 7.46. The molecule has 1 aromatic rings. The van der Waals surface area contributed by atoms with Crippen LogP contribution in [0.3, 0.4) is 0 Å². The molecule has 0 bridgehead atoms. The van der Waals surface area contributed by atoms with Gasteiger partial charge >= 0.3 is 0 Å². The van der Waals surface area contributed by atoms with Gasteiger partial charge in [-0.2, -0.15) is 5.26 Å². The van der Waals surface area contributed by atoms with Crippen LogP contribution in [0, 0.1) is 11.3 Å². The number of hydrogen-bond donors (Lipinski definition) is 0. The van der Waals surface area contributed by atoms with E-state index in [1.807, 2.05) is 49.2 Å². The van der Waals surface area contributed by atoms with Crippen LogP contribution in [0.4, 0.5) is 5.69 Å².